The molecule has 10 heteroatoms. The molecule has 0 bridgehead atoms. The molecule has 2 aromatic heterocycles. The summed E-state index contributed by atoms with van der Waals surface area (Å²) in [6, 6.07) is 13.4. The summed E-state index contributed by atoms with van der Waals surface area (Å²) in [5, 5.41) is 12.2. The fraction of sp³-hybridized carbons (Fsp3) is 0.357. The first-order valence-corrected chi connectivity index (χ1v) is 12.8. The molecule has 5 rings (SSSR count). The third-order valence-electron chi connectivity index (χ3n) is 6.77. The molecule has 2 atom stereocenters. The van der Waals surface area contributed by atoms with Gasteiger partial charge in [0.2, 0.25) is 0 Å². The fourth-order valence-electron chi connectivity index (χ4n) is 4.82. The number of ether oxygens (including phenoxy) is 1. The standard InChI is InChI=1S/C28H31N5O5/c34-26(31-38-27-7-3-4-14-37-27)11-9-20-8-10-25(30-16-20)33(28(35)36)24-12-13-32(19-24)18-23-15-21-5-1-2-6-22(21)17-29-23/h1-2,5-6,8-11,15-17,24,27H,3-4,7,12-14,18-19H2,(H,31,34)(H,35,36)/b11-9+/t24-,27?/m1/s1. The number of carbonyl (C=O) groups is 2. The molecule has 2 aliphatic heterocycles. The van der Waals surface area contributed by atoms with Crippen LogP contribution in [0.5, 0.6) is 0 Å². The summed E-state index contributed by atoms with van der Waals surface area (Å²) < 4.78 is 5.41. The van der Waals surface area contributed by atoms with Gasteiger partial charge in [0.1, 0.15) is 5.82 Å². The highest BCUT2D eigenvalue weighted by Crippen LogP contribution is 2.24. The highest BCUT2D eigenvalue weighted by molar-refractivity contribution is 5.91. The summed E-state index contributed by atoms with van der Waals surface area (Å²) in [6.45, 7) is 2.65. The van der Waals surface area contributed by atoms with Crippen LogP contribution in [0.1, 0.15) is 36.9 Å². The van der Waals surface area contributed by atoms with Gasteiger partial charge in [-0.3, -0.25) is 19.6 Å². The Balaban J connectivity index is 1.16. The molecule has 2 N–H and O–H groups in total. The third-order valence-corrected chi connectivity index (χ3v) is 6.77. The number of aromatic nitrogens is 2. The van der Waals surface area contributed by atoms with Gasteiger partial charge in [-0.15, -0.1) is 0 Å². The first-order valence-electron chi connectivity index (χ1n) is 12.8. The van der Waals surface area contributed by atoms with Crippen molar-refractivity contribution in [1.29, 1.82) is 0 Å². The lowest BCUT2D eigenvalue weighted by molar-refractivity contribution is -0.198. The number of pyridine rings is 2. The van der Waals surface area contributed by atoms with Crippen LogP contribution in [0, 0.1) is 0 Å². The van der Waals surface area contributed by atoms with E-state index in [1.165, 1.54) is 11.0 Å². The van der Waals surface area contributed by atoms with E-state index in [9.17, 15) is 14.7 Å². The summed E-state index contributed by atoms with van der Waals surface area (Å²) in [7, 11) is 0. The summed E-state index contributed by atoms with van der Waals surface area (Å²) in [6.07, 6.45) is 8.34. The Hall–Kier alpha value is -3.86. The lowest BCUT2D eigenvalue weighted by Crippen LogP contribution is -2.41. The minimum atomic E-state index is -1.04. The van der Waals surface area contributed by atoms with E-state index in [0.717, 1.165) is 42.3 Å². The molecule has 4 heterocycles. The van der Waals surface area contributed by atoms with Crippen LogP contribution in [-0.4, -0.2) is 64.0 Å². The van der Waals surface area contributed by atoms with Crippen LogP contribution in [0.15, 0.2) is 60.9 Å². The van der Waals surface area contributed by atoms with Crippen molar-refractivity contribution in [1.82, 2.24) is 20.3 Å². The van der Waals surface area contributed by atoms with Crippen LogP contribution in [0.4, 0.5) is 10.6 Å². The maximum Gasteiger partial charge on any atom is 0.413 e. The first-order chi connectivity index (χ1) is 18.5. The van der Waals surface area contributed by atoms with Crippen LogP contribution in [0.25, 0.3) is 16.8 Å². The van der Waals surface area contributed by atoms with Gasteiger partial charge in [-0.05, 0) is 54.5 Å². The van der Waals surface area contributed by atoms with Gasteiger partial charge in [0.05, 0.1) is 11.7 Å². The van der Waals surface area contributed by atoms with Gasteiger partial charge in [0, 0.05) is 56.5 Å². The van der Waals surface area contributed by atoms with Crippen molar-refractivity contribution >= 4 is 34.7 Å². The van der Waals surface area contributed by atoms with Crippen molar-refractivity contribution in [2.75, 3.05) is 24.6 Å². The number of anilines is 1. The van der Waals surface area contributed by atoms with Gasteiger partial charge in [-0.25, -0.2) is 20.1 Å². The van der Waals surface area contributed by atoms with Crippen LogP contribution < -0.4 is 10.4 Å². The summed E-state index contributed by atoms with van der Waals surface area (Å²) >= 11 is 0. The number of hydrogen-bond acceptors (Lipinski definition) is 7. The average Bonchev–Trinajstić information content (AvgIpc) is 3.39. The van der Waals surface area contributed by atoms with E-state index < -0.39 is 18.3 Å². The number of rotatable bonds is 8. The first kappa shape index (κ1) is 25.8. The Bertz CT molecular complexity index is 1290. The summed E-state index contributed by atoms with van der Waals surface area (Å²) in [5.41, 5.74) is 3.99. The maximum absolute atomic E-state index is 12.2. The van der Waals surface area contributed by atoms with Crippen molar-refractivity contribution in [2.24, 2.45) is 0 Å². The molecular formula is C28H31N5O5. The number of carbonyl (C=O) groups excluding carboxylic acids is 1. The Morgan fingerprint density at radius 3 is 2.76 bits per heavy atom. The number of likely N-dealkylation sites (tertiary alicyclic amines) is 1. The molecule has 1 unspecified atom stereocenters. The topological polar surface area (TPSA) is 117 Å². The fourth-order valence-corrected chi connectivity index (χ4v) is 4.82. The van der Waals surface area contributed by atoms with Crippen molar-refractivity contribution in [3.8, 4) is 0 Å². The molecule has 2 amide bonds. The average molecular weight is 518 g/mol. The van der Waals surface area contributed by atoms with E-state index >= 15 is 0 Å². The van der Waals surface area contributed by atoms with Gasteiger partial charge in [0.15, 0.2) is 6.29 Å². The summed E-state index contributed by atoms with van der Waals surface area (Å²) in [4.78, 5) is 41.9. The molecule has 10 nitrogen and oxygen atoms in total. The molecule has 38 heavy (non-hydrogen) atoms. The number of hydroxylamine groups is 1. The highest BCUT2D eigenvalue weighted by atomic mass is 16.8. The van der Waals surface area contributed by atoms with E-state index in [-0.39, 0.29) is 6.04 Å². The smallest absolute Gasteiger partial charge is 0.413 e. The second kappa shape index (κ2) is 12.1. The van der Waals surface area contributed by atoms with E-state index in [1.807, 2.05) is 24.4 Å². The van der Waals surface area contributed by atoms with Gasteiger partial charge in [-0.1, -0.05) is 24.3 Å². The SMILES string of the molecule is O=C(/C=C/c1ccc(N(C(=O)O)[C@@H]2CCN(Cc3cc4ccccc4cn3)C2)nc1)NOC1CCCCO1. The van der Waals surface area contributed by atoms with Gasteiger partial charge < -0.3 is 9.84 Å². The Kier molecular flexibility index (Phi) is 8.22. The molecule has 2 fully saturated rings. The molecule has 1 aromatic carbocycles. The second-order valence-electron chi connectivity index (χ2n) is 9.52. The van der Waals surface area contributed by atoms with Crippen molar-refractivity contribution in [3.05, 3.63) is 72.2 Å². The van der Waals surface area contributed by atoms with Crippen molar-refractivity contribution in [3.63, 3.8) is 0 Å². The monoisotopic (exact) mass is 517 g/mol. The van der Waals surface area contributed by atoms with Crippen molar-refractivity contribution in [2.45, 2.75) is 44.6 Å². The quantitative estimate of drug-likeness (QED) is 0.341. The van der Waals surface area contributed by atoms with E-state index in [0.29, 0.717) is 37.5 Å². The number of carboxylic acid groups (broad SMARTS) is 1. The van der Waals surface area contributed by atoms with E-state index in [1.54, 1.807) is 24.4 Å². The van der Waals surface area contributed by atoms with Crippen LogP contribution in [0.3, 0.4) is 0 Å². The lowest BCUT2D eigenvalue weighted by Gasteiger charge is -2.25. The second-order valence-corrected chi connectivity index (χ2v) is 9.52. The van der Waals surface area contributed by atoms with E-state index in [4.69, 9.17) is 9.57 Å². The molecule has 3 aromatic rings. The molecule has 0 saturated carbocycles. The number of nitrogens with one attached hydrogen (secondary N) is 1. The molecular weight excluding hydrogens is 486 g/mol. The number of fused-ring (bicyclic) bond motifs is 1. The Morgan fingerprint density at radius 2 is 2.00 bits per heavy atom. The predicted octanol–water partition coefficient (Wildman–Crippen LogP) is 3.98. The number of benzene rings is 1. The minimum absolute atomic E-state index is 0.216. The zero-order valence-corrected chi connectivity index (χ0v) is 21.0. The van der Waals surface area contributed by atoms with Gasteiger partial charge in [0.25, 0.3) is 5.91 Å². The third kappa shape index (κ3) is 6.52. The lowest BCUT2D eigenvalue weighted by atomic mass is 10.1. The zero-order chi connectivity index (χ0) is 26.3. The Morgan fingerprint density at radius 1 is 1.13 bits per heavy atom. The van der Waals surface area contributed by atoms with Crippen molar-refractivity contribution < 1.29 is 24.3 Å². The molecule has 0 spiro atoms. The zero-order valence-electron chi connectivity index (χ0n) is 21.0. The number of hydrogen-bond donors (Lipinski definition) is 2. The molecule has 198 valence electrons. The Labute approximate surface area is 220 Å². The highest BCUT2D eigenvalue weighted by Gasteiger charge is 2.32. The molecule has 0 aliphatic carbocycles. The molecule has 2 saturated heterocycles. The summed E-state index contributed by atoms with van der Waals surface area (Å²) in [5.74, 6) is -0.0603. The maximum atomic E-state index is 12.2. The largest absolute Gasteiger partial charge is 0.465 e. The van der Waals surface area contributed by atoms with Crippen LogP contribution >= 0.6 is 0 Å². The molecule has 0 radical (unpaired) electrons. The van der Waals surface area contributed by atoms with Gasteiger partial charge in [-0.2, -0.15) is 0 Å². The minimum Gasteiger partial charge on any atom is -0.465 e. The normalized spacial score (nSPS) is 20.1. The van der Waals surface area contributed by atoms with E-state index in [2.05, 4.69) is 32.5 Å². The van der Waals surface area contributed by atoms with Crippen LogP contribution in [-0.2, 0) is 20.9 Å². The number of amides is 2. The van der Waals surface area contributed by atoms with Crippen LogP contribution in [0.2, 0.25) is 0 Å². The predicted molar refractivity (Wildman–Crippen MR) is 142 cm³/mol. The molecule has 2 aliphatic rings. The van der Waals surface area contributed by atoms with Gasteiger partial charge >= 0.3 is 6.09 Å². The number of nitrogens with zero attached hydrogens (tertiary/aromatic N) is 4.